The second-order valence-corrected chi connectivity index (χ2v) is 6.29. The average Bonchev–Trinajstić information content (AvgIpc) is 2.62. The number of benzene rings is 3. The van der Waals surface area contributed by atoms with E-state index in [1.165, 1.54) is 22.1 Å². The van der Waals surface area contributed by atoms with Crippen molar-refractivity contribution < 1.29 is 0 Å². The fraction of sp³-hybridized carbons (Fsp3) is 0.0455. The third-order valence-corrected chi connectivity index (χ3v) is 4.53. The summed E-state index contributed by atoms with van der Waals surface area (Å²) >= 11 is 6.19. The minimum Gasteiger partial charge on any atom is -0.247 e. The van der Waals surface area contributed by atoms with E-state index in [-0.39, 0.29) is 0 Å². The van der Waals surface area contributed by atoms with E-state index in [0.717, 1.165) is 21.8 Å². The van der Waals surface area contributed by atoms with Crippen LogP contribution in [0.4, 0.5) is 0 Å². The molecule has 0 aliphatic carbocycles. The third-order valence-electron chi connectivity index (χ3n) is 4.30. The monoisotopic (exact) mass is 329 g/mol. The lowest BCUT2D eigenvalue weighted by Gasteiger charge is -2.15. The smallest absolute Gasteiger partial charge is 0.0745 e. The molecule has 0 atom stereocenters. The van der Waals surface area contributed by atoms with Crippen LogP contribution in [0.1, 0.15) is 5.56 Å². The summed E-state index contributed by atoms with van der Waals surface area (Å²) < 4.78 is 0. The quantitative estimate of drug-likeness (QED) is 0.407. The number of nitrogens with zero attached hydrogens (tertiary/aromatic N) is 1. The standard InChI is InChI=1S/C22H16ClN/c1-15-21(16-8-3-2-4-9-16)19-12-5-6-13-20(19)24-22(15)17-10-7-11-18(23)14-17/h2-14H,1H3. The molecule has 1 heterocycles. The van der Waals surface area contributed by atoms with E-state index >= 15 is 0 Å². The van der Waals surface area contributed by atoms with Crippen molar-refractivity contribution in [2.75, 3.05) is 0 Å². The molecule has 0 saturated carbocycles. The van der Waals surface area contributed by atoms with Crippen molar-refractivity contribution in [1.29, 1.82) is 0 Å². The number of hydrogen-bond acceptors (Lipinski definition) is 1. The van der Waals surface area contributed by atoms with Gasteiger partial charge < -0.3 is 0 Å². The molecule has 0 spiro atoms. The van der Waals surface area contributed by atoms with Crippen LogP contribution in [0.15, 0.2) is 78.9 Å². The second kappa shape index (κ2) is 6.10. The third kappa shape index (κ3) is 2.57. The van der Waals surface area contributed by atoms with Gasteiger partial charge in [-0.2, -0.15) is 0 Å². The van der Waals surface area contributed by atoms with Crippen LogP contribution in [0.5, 0.6) is 0 Å². The molecule has 24 heavy (non-hydrogen) atoms. The van der Waals surface area contributed by atoms with E-state index in [4.69, 9.17) is 16.6 Å². The Hall–Kier alpha value is -2.64. The van der Waals surface area contributed by atoms with Gasteiger partial charge in [0, 0.05) is 16.0 Å². The molecule has 0 saturated heterocycles. The number of para-hydroxylation sites is 1. The molecule has 0 amide bonds. The summed E-state index contributed by atoms with van der Waals surface area (Å²) in [5.74, 6) is 0. The van der Waals surface area contributed by atoms with Gasteiger partial charge in [0.1, 0.15) is 0 Å². The minimum atomic E-state index is 0.725. The molecular weight excluding hydrogens is 314 g/mol. The Kier molecular flexibility index (Phi) is 3.79. The summed E-state index contributed by atoms with van der Waals surface area (Å²) in [5, 5.41) is 1.90. The predicted molar refractivity (Wildman–Crippen MR) is 102 cm³/mol. The van der Waals surface area contributed by atoms with Gasteiger partial charge >= 0.3 is 0 Å². The van der Waals surface area contributed by atoms with Crippen LogP contribution in [-0.4, -0.2) is 4.98 Å². The lowest BCUT2D eigenvalue weighted by Crippen LogP contribution is -1.95. The molecule has 116 valence electrons. The molecule has 1 aromatic heterocycles. The first-order valence-electron chi connectivity index (χ1n) is 7.95. The van der Waals surface area contributed by atoms with Crippen LogP contribution in [0.3, 0.4) is 0 Å². The number of fused-ring (bicyclic) bond motifs is 1. The summed E-state index contributed by atoms with van der Waals surface area (Å²) in [4.78, 5) is 4.91. The molecular formula is C22H16ClN. The first-order chi connectivity index (χ1) is 11.7. The maximum atomic E-state index is 6.19. The molecule has 1 nitrogen and oxygen atoms in total. The van der Waals surface area contributed by atoms with Crippen LogP contribution >= 0.6 is 11.6 Å². The molecule has 0 fully saturated rings. The Bertz CT molecular complexity index is 1020. The van der Waals surface area contributed by atoms with Crippen LogP contribution in [0.2, 0.25) is 5.02 Å². The van der Waals surface area contributed by atoms with Crippen LogP contribution in [0.25, 0.3) is 33.3 Å². The highest BCUT2D eigenvalue weighted by Crippen LogP contribution is 2.36. The molecule has 4 rings (SSSR count). The molecule has 0 aliphatic heterocycles. The number of halogens is 1. The normalized spacial score (nSPS) is 10.9. The maximum Gasteiger partial charge on any atom is 0.0745 e. The minimum absolute atomic E-state index is 0.725. The van der Waals surface area contributed by atoms with Gasteiger partial charge in [0.05, 0.1) is 11.2 Å². The van der Waals surface area contributed by atoms with E-state index in [1.807, 2.05) is 30.3 Å². The second-order valence-electron chi connectivity index (χ2n) is 5.85. The zero-order valence-electron chi connectivity index (χ0n) is 13.3. The molecule has 0 radical (unpaired) electrons. The van der Waals surface area contributed by atoms with E-state index in [0.29, 0.717) is 0 Å². The molecule has 2 heteroatoms. The first-order valence-corrected chi connectivity index (χ1v) is 8.32. The van der Waals surface area contributed by atoms with Gasteiger partial charge in [0.2, 0.25) is 0 Å². The Morgan fingerprint density at radius 2 is 1.46 bits per heavy atom. The van der Waals surface area contributed by atoms with Gasteiger partial charge in [-0.05, 0) is 41.8 Å². The summed E-state index contributed by atoms with van der Waals surface area (Å²) in [6.45, 7) is 2.14. The van der Waals surface area contributed by atoms with Gasteiger partial charge in [0.15, 0.2) is 0 Å². The topological polar surface area (TPSA) is 12.9 Å². The summed E-state index contributed by atoms with van der Waals surface area (Å²) in [6.07, 6.45) is 0. The van der Waals surface area contributed by atoms with Crippen molar-refractivity contribution in [3.8, 4) is 22.4 Å². The van der Waals surface area contributed by atoms with E-state index in [2.05, 4.69) is 55.5 Å². The fourth-order valence-corrected chi connectivity index (χ4v) is 3.39. The van der Waals surface area contributed by atoms with Gasteiger partial charge in [-0.1, -0.05) is 72.3 Å². The molecule has 4 aromatic rings. The fourth-order valence-electron chi connectivity index (χ4n) is 3.20. The highest BCUT2D eigenvalue weighted by atomic mass is 35.5. The van der Waals surface area contributed by atoms with Crippen molar-refractivity contribution in [2.45, 2.75) is 6.92 Å². The molecule has 3 aromatic carbocycles. The Labute approximate surface area is 146 Å². The molecule has 0 unspecified atom stereocenters. The van der Waals surface area contributed by atoms with Gasteiger partial charge in [0.25, 0.3) is 0 Å². The molecule has 0 aliphatic rings. The van der Waals surface area contributed by atoms with Gasteiger partial charge in [-0.3, -0.25) is 0 Å². The molecule has 0 N–H and O–H groups in total. The van der Waals surface area contributed by atoms with Gasteiger partial charge in [-0.15, -0.1) is 0 Å². The largest absolute Gasteiger partial charge is 0.247 e. The van der Waals surface area contributed by atoms with Crippen molar-refractivity contribution in [1.82, 2.24) is 4.98 Å². The highest BCUT2D eigenvalue weighted by Gasteiger charge is 2.14. The Morgan fingerprint density at radius 1 is 0.750 bits per heavy atom. The van der Waals surface area contributed by atoms with Crippen LogP contribution < -0.4 is 0 Å². The Balaban J connectivity index is 2.09. The van der Waals surface area contributed by atoms with Crippen molar-refractivity contribution in [2.24, 2.45) is 0 Å². The zero-order chi connectivity index (χ0) is 16.5. The SMILES string of the molecule is Cc1c(-c2cccc(Cl)c2)nc2ccccc2c1-c1ccccc1. The molecule has 0 bridgehead atoms. The number of pyridine rings is 1. The zero-order valence-corrected chi connectivity index (χ0v) is 14.1. The summed E-state index contributed by atoms with van der Waals surface area (Å²) in [5.41, 5.74) is 6.63. The lowest BCUT2D eigenvalue weighted by atomic mass is 9.93. The van der Waals surface area contributed by atoms with Crippen molar-refractivity contribution in [3.63, 3.8) is 0 Å². The van der Waals surface area contributed by atoms with E-state index < -0.39 is 0 Å². The number of hydrogen-bond donors (Lipinski definition) is 0. The van der Waals surface area contributed by atoms with Crippen molar-refractivity contribution in [3.05, 3.63) is 89.4 Å². The summed E-state index contributed by atoms with van der Waals surface area (Å²) in [7, 11) is 0. The predicted octanol–water partition coefficient (Wildman–Crippen LogP) is 6.53. The highest BCUT2D eigenvalue weighted by molar-refractivity contribution is 6.30. The van der Waals surface area contributed by atoms with Crippen LogP contribution in [0, 0.1) is 6.92 Å². The van der Waals surface area contributed by atoms with Gasteiger partial charge in [-0.25, -0.2) is 4.98 Å². The average molecular weight is 330 g/mol. The first kappa shape index (κ1) is 14.9. The van der Waals surface area contributed by atoms with E-state index in [9.17, 15) is 0 Å². The Morgan fingerprint density at radius 3 is 2.25 bits per heavy atom. The van der Waals surface area contributed by atoms with Crippen molar-refractivity contribution >= 4 is 22.5 Å². The number of aromatic nitrogens is 1. The summed E-state index contributed by atoms with van der Waals surface area (Å²) in [6, 6.07) is 26.7. The van der Waals surface area contributed by atoms with Crippen LogP contribution in [-0.2, 0) is 0 Å². The lowest BCUT2D eigenvalue weighted by molar-refractivity contribution is 1.33. The maximum absolute atomic E-state index is 6.19. The number of rotatable bonds is 2. The van der Waals surface area contributed by atoms with E-state index in [1.54, 1.807) is 0 Å².